The van der Waals surface area contributed by atoms with Crippen molar-refractivity contribution in [2.45, 2.75) is 44.8 Å². The molecule has 1 aromatic rings. The van der Waals surface area contributed by atoms with Gasteiger partial charge in [0.1, 0.15) is 5.76 Å². The third-order valence-electron chi connectivity index (χ3n) is 4.41. The molecule has 4 nitrogen and oxygen atoms in total. The lowest BCUT2D eigenvalue weighted by atomic mass is 9.98. The summed E-state index contributed by atoms with van der Waals surface area (Å²) in [7, 11) is 2.22. The molecule has 1 unspecified atom stereocenters. The molecule has 1 aliphatic heterocycles. The predicted molar refractivity (Wildman–Crippen MR) is 77.9 cm³/mol. The fourth-order valence-electron chi connectivity index (χ4n) is 2.80. The van der Waals surface area contributed by atoms with Crippen molar-refractivity contribution >= 4 is 0 Å². The maximum absolute atomic E-state index is 5.76. The zero-order chi connectivity index (χ0) is 13.9. The van der Waals surface area contributed by atoms with Crippen LogP contribution in [-0.4, -0.2) is 48.1 Å². The van der Waals surface area contributed by atoms with Crippen LogP contribution in [0.5, 0.6) is 0 Å². The van der Waals surface area contributed by atoms with Crippen LogP contribution >= 0.6 is 0 Å². The average Bonchev–Trinajstić information content (AvgIpc) is 2.83. The molecule has 0 spiro atoms. The van der Waals surface area contributed by atoms with Crippen LogP contribution in [0.2, 0.25) is 0 Å². The molecule has 1 aliphatic rings. The van der Waals surface area contributed by atoms with Crippen LogP contribution in [-0.2, 0) is 6.54 Å². The van der Waals surface area contributed by atoms with Gasteiger partial charge in [0.25, 0.3) is 0 Å². The maximum Gasteiger partial charge on any atom is 0.117 e. The van der Waals surface area contributed by atoms with Gasteiger partial charge in [-0.25, -0.2) is 0 Å². The topological polar surface area (TPSA) is 45.6 Å². The molecule has 4 heteroatoms. The van der Waals surface area contributed by atoms with E-state index in [0.29, 0.717) is 6.04 Å². The van der Waals surface area contributed by atoms with Crippen molar-refractivity contribution in [1.29, 1.82) is 0 Å². The normalized spacial score (nSPS) is 25.4. The largest absolute Gasteiger partial charge is 0.468 e. The highest BCUT2D eigenvalue weighted by atomic mass is 16.3. The summed E-state index contributed by atoms with van der Waals surface area (Å²) in [5.41, 5.74) is 5.96. The van der Waals surface area contributed by atoms with Crippen LogP contribution in [0.15, 0.2) is 22.8 Å². The van der Waals surface area contributed by atoms with Gasteiger partial charge in [-0.2, -0.15) is 0 Å². The Balaban J connectivity index is 2.11. The Morgan fingerprint density at radius 2 is 2.26 bits per heavy atom. The van der Waals surface area contributed by atoms with Gasteiger partial charge in [-0.3, -0.25) is 4.90 Å². The Hall–Kier alpha value is -0.840. The van der Waals surface area contributed by atoms with Gasteiger partial charge in [-0.15, -0.1) is 0 Å². The molecule has 2 N–H and O–H groups in total. The summed E-state index contributed by atoms with van der Waals surface area (Å²) in [5.74, 6) is 1.05. The minimum atomic E-state index is 0.199. The Morgan fingerprint density at radius 1 is 1.47 bits per heavy atom. The molecule has 0 amide bonds. The molecule has 0 radical (unpaired) electrons. The molecular formula is C15H27N3O. The minimum Gasteiger partial charge on any atom is -0.468 e. The third kappa shape index (κ3) is 3.59. The standard InChI is InChI=1S/C15H27N3O/c1-15(2)7-9-17(3)13(6-8-16)11-18(15)12-14-5-4-10-19-14/h4-5,10,13H,6-9,11-12,16H2,1-3H3. The number of rotatable bonds is 4. The Labute approximate surface area is 116 Å². The van der Waals surface area contributed by atoms with Crippen LogP contribution < -0.4 is 5.73 Å². The van der Waals surface area contributed by atoms with Crippen molar-refractivity contribution < 1.29 is 4.42 Å². The zero-order valence-electron chi connectivity index (χ0n) is 12.4. The van der Waals surface area contributed by atoms with Crippen molar-refractivity contribution in [3.05, 3.63) is 24.2 Å². The molecule has 19 heavy (non-hydrogen) atoms. The first-order valence-corrected chi connectivity index (χ1v) is 7.20. The second kappa shape index (κ2) is 6.07. The molecule has 0 bridgehead atoms. The summed E-state index contributed by atoms with van der Waals surface area (Å²) in [4.78, 5) is 4.99. The first kappa shape index (κ1) is 14.6. The highest BCUT2D eigenvalue weighted by Gasteiger charge is 2.34. The van der Waals surface area contributed by atoms with E-state index in [4.69, 9.17) is 10.2 Å². The fraction of sp³-hybridized carbons (Fsp3) is 0.733. The number of nitrogens with zero attached hydrogens (tertiary/aromatic N) is 2. The van der Waals surface area contributed by atoms with Crippen LogP contribution in [0, 0.1) is 0 Å². The molecule has 2 rings (SSSR count). The molecule has 0 aromatic carbocycles. The number of hydrogen-bond acceptors (Lipinski definition) is 4. The number of likely N-dealkylation sites (N-methyl/N-ethyl adjacent to an activating group) is 1. The van der Waals surface area contributed by atoms with E-state index >= 15 is 0 Å². The van der Waals surface area contributed by atoms with Gasteiger partial charge >= 0.3 is 0 Å². The van der Waals surface area contributed by atoms with Gasteiger partial charge in [0.15, 0.2) is 0 Å². The smallest absolute Gasteiger partial charge is 0.117 e. The first-order chi connectivity index (χ1) is 9.03. The number of furan rings is 1. The summed E-state index contributed by atoms with van der Waals surface area (Å²) in [6.07, 6.45) is 3.98. The second-order valence-corrected chi connectivity index (χ2v) is 6.23. The quantitative estimate of drug-likeness (QED) is 0.903. The molecule has 1 fully saturated rings. The lowest BCUT2D eigenvalue weighted by molar-refractivity contribution is 0.0963. The van der Waals surface area contributed by atoms with Crippen LogP contribution in [0.25, 0.3) is 0 Å². The molecule has 108 valence electrons. The van der Waals surface area contributed by atoms with Gasteiger partial charge in [0.2, 0.25) is 0 Å². The summed E-state index contributed by atoms with van der Waals surface area (Å²) in [5, 5.41) is 0. The minimum absolute atomic E-state index is 0.199. The van der Waals surface area contributed by atoms with E-state index in [1.54, 1.807) is 6.26 Å². The van der Waals surface area contributed by atoms with E-state index in [0.717, 1.165) is 38.4 Å². The average molecular weight is 265 g/mol. The first-order valence-electron chi connectivity index (χ1n) is 7.20. The summed E-state index contributed by atoms with van der Waals surface area (Å²) < 4.78 is 5.51. The fourth-order valence-corrected chi connectivity index (χ4v) is 2.80. The Morgan fingerprint density at radius 3 is 2.89 bits per heavy atom. The SMILES string of the molecule is CN1CCC(C)(C)N(Cc2ccco2)CC1CCN. The van der Waals surface area contributed by atoms with Crippen molar-refractivity contribution in [3.63, 3.8) is 0 Å². The van der Waals surface area contributed by atoms with E-state index in [9.17, 15) is 0 Å². The third-order valence-corrected chi connectivity index (χ3v) is 4.41. The molecule has 2 heterocycles. The second-order valence-electron chi connectivity index (χ2n) is 6.23. The molecule has 1 saturated heterocycles. The van der Waals surface area contributed by atoms with E-state index < -0.39 is 0 Å². The van der Waals surface area contributed by atoms with Crippen molar-refractivity contribution in [2.75, 3.05) is 26.7 Å². The molecule has 1 aromatic heterocycles. The van der Waals surface area contributed by atoms with E-state index in [1.807, 2.05) is 6.07 Å². The van der Waals surface area contributed by atoms with Crippen molar-refractivity contribution in [3.8, 4) is 0 Å². The lowest BCUT2D eigenvalue weighted by Gasteiger charge is -2.37. The van der Waals surface area contributed by atoms with Gasteiger partial charge in [-0.05, 0) is 59.0 Å². The number of nitrogens with two attached hydrogens (primary N) is 1. The molecule has 0 saturated carbocycles. The monoisotopic (exact) mass is 265 g/mol. The predicted octanol–water partition coefficient (Wildman–Crippen LogP) is 1.91. The number of hydrogen-bond donors (Lipinski definition) is 1. The summed E-state index contributed by atoms with van der Waals surface area (Å²) in [6, 6.07) is 4.56. The van der Waals surface area contributed by atoms with Crippen LogP contribution in [0.1, 0.15) is 32.4 Å². The van der Waals surface area contributed by atoms with Gasteiger partial charge in [-0.1, -0.05) is 0 Å². The van der Waals surface area contributed by atoms with E-state index in [-0.39, 0.29) is 5.54 Å². The van der Waals surface area contributed by atoms with Gasteiger partial charge in [0, 0.05) is 18.1 Å². The zero-order valence-corrected chi connectivity index (χ0v) is 12.4. The van der Waals surface area contributed by atoms with Crippen molar-refractivity contribution in [1.82, 2.24) is 9.80 Å². The highest BCUT2D eigenvalue weighted by Crippen LogP contribution is 2.27. The van der Waals surface area contributed by atoms with Crippen molar-refractivity contribution in [2.24, 2.45) is 5.73 Å². The molecular weight excluding hydrogens is 238 g/mol. The maximum atomic E-state index is 5.76. The van der Waals surface area contributed by atoms with E-state index in [2.05, 4.69) is 36.8 Å². The summed E-state index contributed by atoms with van der Waals surface area (Å²) >= 11 is 0. The summed E-state index contributed by atoms with van der Waals surface area (Å²) in [6.45, 7) is 8.48. The highest BCUT2D eigenvalue weighted by molar-refractivity contribution is 5.01. The van der Waals surface area contributed by atoms with E-state index in [1.165, 1.54) is 6.42 Å². The van der Waals surface area contributed by atoms with Crippen LogP contribution in [0.3, 0.4) is 0 Å². The van der Waals surface area contributed by atoms with Crippen LogP contribution in [0.4, 0.5) is 0 Å². The molecule has 0 aliphatic carbocycles. The molecule has 1 atom stereocenters. The van der Waals surface area contributed by atoms with Gasteiger partial charge in [0.05, 0.1) is 12.8 Å². The van der Waals surface area contributed by atoms with Gasteiger partial charge < -0.3 is 15.1 Å². The lowest BCUT2D eigenvalue weighted by Crippen LogP contribution is -2.46. The Bertz CT molecular complexity index is 375. The Kier molecular flexibility index (Phi) is 4.66.